The summed E-state index contributed by atoms with van der Waals surface area (Å²) in [6.45, 7) is 2.66. The molecular weight excluding hydrogens is 264 g/mol. The third-order valence-corrected chi connectivity index (χ3v) is 2.94. The Balaban J connectivity index is 2.48. The van der Waals surface area contributed by atoms with E-state index in [1.54, 1.807) is 6.92 Å². The van der Waals surface area contributed by atoms with Crippen LogP contribution in [0.3, 0.4) is 0 Å². The van der Waals surface area contributed by atoms with Crippen molar-refractivity contribution in [3.8, 4) is 0 Å². The van der Waals surface area contributed by atoms with Crippen molar-refractivity contribution >= 4 is 16.9 Å². The van der Waals surface area contributed by atoms with Gasteiger partial charge in [-0.3, -0.25) is 4.79 Å². The van der Waals surface area contributed by atoms with E-state index in [0.29, 0.717) is 13.0 Å². The minimum absolute atomic E-state index is 0.0137. The maximum atomic E-state index is 12.2. The van der Waals surface area contributed by atoms with Crippen LogP contribution in [-0.4, -0.2) is 51.6 Å². The van der Waals surface area contributed by atoms with Crippen molar-refractivity contribution in [3.63, 3.8) is 0 Å². The number of rotatable bonds is 5. The normalized spacial score (nSPS) is 11.4. The number of carbonyl (C=O) groups is 1. The monoisotopic (exact) mass is 280 g/mol. The van der Waals surface area contributed by atoms with Gasteiger partial charge in [0.2, 0.25) is 0 Å². The van der Waals surface area contributed by atoms with Crippen molar-refractivity contribution in [3.05, 3.63) is 21.8 Å². The topological polar surface area (TPSA) is 101 Å². The summed E-state index contributed by atoms with van der Waals surface area (Å²) < 4.78 is 6.05. The summed E-state index contributed by atoms with van der Waals surface area (Å²) in [4.78, 5) is 25.4. The minimum Gasteiger partial charge on any atom is -0.476 e. The Kier molecular flexibility index (Phi) is 3.84. The molecule has 0 aliphatic carbocycles. The van der Waals surface area contributed by atoms with E-state index in [4.69, 9.17) is 4.52 Å². The molecule has 0 bridgehead atoms. The Hall–Kier alpha value is -2.22. The van der Waals surface area contributed by atoms with Gasteiger partial charge in [0.05, 0.1) is 5.39 Å². The molecule has 0 unspecified atom stereocenters. The quantitative estimate of drug-likeness (QED) is 0.842. The molecule has 108 valence electrons. The van der Waals surface area contributed by atoms with E-state index in [1.165, 1.54) is 0 Å². The second kappa shape index (κ2) is 5.41. The molecule has 0 aliphatic rings. The van der Waals surface area contributed by atoms with E-state index in [9.17, 15) is 14.7 Å². The van der Waals surface area contributed by atoms with Crippen LogP contribution in [0.15, 0.2) is 9.32 Å². The Morgan fingerprint density at radius 1 is 1.45 bits per heavy atom. The smallest absolute Gasteiger partial charge is 0.357 e. The lowest BCUT2D eigenvalue weighted by Gasteiger charge is -2.10. The zero-order valence-electron chi connectivity index (χ0n) is 11.6. The number of aromatic carboxylic acids is 1. The van der Waals surface area contributed by atoms with E-state index < -0.39 is 11.5 Å². The molecule has 2 rings (SSSR count). The van der Waals surface area contributed by atoms with Crippen molar-refractivity contribution < 1.29 is 14.4 Å². The summed E-state index contributed by atoms with van der Waals surface area (Å²) >= 11 is 0. The largest absolute Gasteiger partial charge is 0.476 e. The standard InChI is InChI=1S/C12H16N4O4/c1-7-8-9(14-20-7)11(17)16(6-4-5-15(2)3)13-10(8)12(18)19/h4-6H2,1-3H3,(H,18,19). The lowest BCUT2D eigenvalue weighted by Crippen LogP contribution is -2.27. The summed E-state index contributed by atoms with van der Waals surface area (Å²) in [6, 6.07) is 0. The molecular formula is C12H16N4O4. The van der Waals surface area contributed by atoms with Crippen LogP contribution in [0.1, 0.15) is 22.7 Å². The molecule has 0 radical (unpaired) electrons. The number of nitrogens with zero attached hydrogens (tertiary/aromatic N) is 4. The maximum Gasteiger partial charge on any atom is 0.357 e. The van der Waals surface area contributed by atoms with Crippen LogP contribution < -0.4 is 5.56 Å². The highest BCUT2D eigenvalue weighted by molar-refractivity contribution is 6.00. The number of carboxylic acid groups (broad SMARTS) is 1. The van der Waals surface area contributed by atoms with Gasteiger partial charge in [0.1, 0.15) is 5.76 Å². The first kappa shape index (κ1) is 14.2. The fourth-order valence-corrected chi connectivity index (χ4v) is 1.97. The summed E-state index contributed by atoms with van der Waals surface area (Å²) in [6.07, 6.45) is 0.682. The van der Waals surface area contributed by atoms with Gasteiger partial charge >= 0.3 is 5.97 Å². The second-order valence-corrected chi connectivity index (χ2v) is 4.80. The van der Waals surface area contributed by atoms with Crippen LogP contribution >= 0.6 is 0 Å². The highest BCUT2D eigenvalue weighted by Gasteiger charge is 2.21. The van der Waals surface area contributed by atoms with Gasteiger partial charge in [-0.1, -0.05) is 5.16 Å². The van der Waals surface area contributed by atoms with Gasteiger partial charge in [-0.2, -0.15) is 5.10 Å². The van der Waals surface area contributed by atoms with Crippen molar-refractivity contribution in [1.29, 1.82) is 0 Å². The van der Waals surface area contributed by atoms with Crippen molar-refractivity contribution in [2.75, 3.05) is 20.6 Å². The lowest BCUT2D eigenvalue weighted by molar-refractivity contribution is 0.0689. The van der Waals surface area contributed by atoms with Gasteiger partial charge in [0.15, 0.2) is 11.2 Å². The molecule has 2 heterocycles. The summed E-state index contributed by atoms with van der Waals surface area (Å²) in [5.74, 6) is -0.926. The number of carboxylic acids is 1. The van der Waals surface area contributed by atoms with Crippen molar-refractivity contribution in [1.82, 2.24) is 19.8 Å². The van der Waals surface area contributed by atoms with E-state index in [2.05, 4.69) is 10.3 Å². The minimum atomic E-state index is -1.21. The third-order valence-electron chi connectivity index (χ3n) is 2.94. The predicted molar refractivity (Wildman–Crippen MR) is 70.9 cm³/mol. The maximum absolute atomic E-state index is 12.2. The average molecular weight is 280 g/mol. The van der Waals surface area contributed by atoms with Gasteiger partial charge in [-0.05, 0) is 34.0 Å². The molecule has 1 N–H and O–H groups in total. The van der Waals surface area contributed by atoms with Gasteiger partial charge in [0, 0.05) is 6.54 Å². The highest BCUT2D eigenvalue weighted by Crippen LogP contribution is 2.17. The Bertz CT molecular complexity index is 701. The molecule has 8 heteroatoms. The number of hydrogen-bond donors (Lipinski definition) is 1. The van der Waals surface area contributed by atoms with Gasteiger partial charge in [0.25, 0.3) is 5.56 Å². The lowest BCUT2D eigenvalue weighted by atomic mass is 10.2. The molecule has 8 nitrogen and oxygen atoms in total. The number of fused-ring (bicyclic) bond motifs is 1. The van der Waals surface area contributed by atoms with Gasteiger partial charge in [-0.25, -0.2) is 9.48 Å². The van der Waals surface area contributed by atoms with Gasteiger partial charge < -0.3 is 14.5 Å². The summed E-state index contributed by atoms with van der Waals surface area (Å²) in [7, 11) is 3.84. The third kappa shape index (κ3) is 2.55. The fourth-order valence-electron chi connectivity index (χ4n) is 1.97. The van der Waals surface area contributed by atoms with E-state index in [1.807, 2.05) is 19.0 Å². The molecule has 2 aromatic rings. The van der Waals surface area contributed by atoms with E-state index >= 15 is 0 Å². The molecule has 0 saturated carbocycles. The Labute approximate surface area is 114 Å². The molecule has 0 atom stereocenters. The molecule has 0 saturated heterocycles. The zero-order valence-corrected chi connectivity index (χ0v) is 11.6. The molecule has 0 aliphatic heterocycles. The van der Waals surface area contributed by atoms with Crippen LogP contribution in [0.2, 0.25) is 0 Å². The van der Waals surface area contributed by atoms with Gasteiger partial charge in [-0.15, -0.1) is 0 Å². The highest BCUT2D eigenvalue weighted by atomic mass is 16.5. The van der Waals surface area contributed by atoms with Crippen LogP contribution in [0.25, 0.3) is 10.9 Å². The molecule has 20 heavy (non-hydrogen) atoms. The molecule has 0 amide bonds. The molecule has 0 aromatic carbocycles. The second-order valence-electron chi connectivity index (χ2n) is 4.80. The van der Waals surface area contributed by atoms with Crippen LogP contribution in [0.5, 0.6) is 0 Å². The Morgan fingerprint density at radius 3 is 2.75 bits per heavy atom. The van der Waals surface area contributed by atoms with E-state index in [0.717, 1.165) is 11.2 Å². The van der Waals surface area contributed by atoms with Crippen LogP contribution in [-0.2, 0) is 6.54 Å². The van der Waals surface area contributed by atoms with Crippen molar-refractivity contribution in [2.24, 2.45) is 0 Å². The summed E-state index contributed by atoms with van der Waals surface area (Å²) in [5, 5.41) is 16.9. The first-order chi connectivity index (χ1) is 9.41. The first-order valence-corrected chi connectivity index (χ1v) is 6.17. The zero-order chi connectivity index (χ0) is 14.9. The Morgan fingerprint density at radius 2 is 2.15 bits per heavy atom. The van der Waals surface area contributed by atoms with Crippen molar-refractivity contribution in [2.45, 2.75) is 19.9 Å². The molecule has 2 aromatic heterocycles. The van der Waals surface area contributed by atoms with E-state index in [-0.39, 0.29) is 22.4 Å². The predicted octanol–water partition coefficient (Wildman–Crippen LogP) is 0.343. The number of aryl methyl sites for hydroxylation is 2. The average Bonchev–Trinajstić information content (AvgIpc) is 2.74. The van der Waals surface area contributed by atoms with Crippen LogP contribution in [0.4, 0.5) is 0 Å². The van der Waals surface area contributed by atoms with Crippen LogP contribution in [0, 0.1) is 6.92 Å². The number of hydrogen-bond acceptors (Lipinski definition) is 6. The number of aromatic nitrogens is 3. The molecule has 0 spiro atoms. The molecule has 0 fully saturated rings. The SMILES string of the molecule is Cc1onc2c(=O)n(CCCN(C)C)nc(C(=O)O)c12. The first-order valence-electron chi connectivity index (χ1n) is 6.17. The summed E-state index contributed by atoms with van der Waals surface area (Å²) in [5.41, 5.74) is -0.622. The fraction of sp³-hybridized carbons (Fsp3) is 0.500.